The van der Waals surface area contributed by atoms with E-state index in [1.54, 1.807) is 0 Å². The summed E-state index contributed by atoms with van der Waals surface area (Å²) in [5, 5.41) is 7.91. The average molecular weight is 287 g/mol. The maximum absolute atomic E-state index is 6.10. The summed E-state index contributed by atoms with van der Waals surface area (Å²) in [7, 11) is 1.92. The molecule has 1 aromatic carbocycles. The quantitative estimate of drug-likeness (QED) is 0.882. The molecule has 0 aliphatic rings. The highest BCUT2D eigenvalue weighted by Gasteiger charge is 2.15. The lowest BCUT2D eigenvalue weighted by molar-refractivity contribution is 0.422. The molecule has 0 saturated heterocycles. The Kier molecular flexibility index (Phi) is 5.02. The Morgan fingerprint density at radius 1 is 1.33 bits per heavy atom. The molecule has 4 heteroatoms. The summed E-state index contributed by atoms with van der Waals surface area (Å²) >= 11 is 0. The lowest BCUT2D eigenvalue weighted by Gasteiger charge is -2.12. The molecule has 0 atom stereocenters. The van der Waals surface area contributed by atoms with E-state index in [1.807, 2.05) is 30.8 Å². The summed E-state index contributed by atoms with van der Waals surface area (Å²) in [5.41, 5.74) is 3.40. The molecule has 0 bridgehead atoms. The van der Waals surface area contributed by atoms with Gasteiger partial charge in [0.15, 0.2) is 0 Å². The van der Waals surface area contributed by atoms with E-state index < -0.39 is 0 Å². The number of hydrogen-bond acceptors (Lipinski definition) is 3. The SMILES string of the molecule is CCc1cccc(Oc2c(CNC(C)C)c(C)nn2C)c1. The number of ether oxygens (including phenoxy) is 1. The van der Waals surface area contributed by atoms with Crippen LogP contribution in [0.25, 0.3) is 0 Å². The van der Waals surface area contributed by atoms with E-state index in [-0.39, 0.29) is 0 Å². The summed E-state index contributed by atoms with van der Waals surface area (Å²) in [4.78, 5) is 0. The van der Waals surface area contributed by atoms with Crippen molar-refractivity contribution in [2.24, 2.45) is 7.05 Å². The normalized spacial score (nSPS) is 11.1. The third-order valence-corrected chi connectivity index (χ3v) is 3.50. The number of aryl methyl sites for hydroxylation is 3. The maximum Gasteiger partial charge on any atom is 0.222 e. The van der Waals surface area contributed by atoms with Crippen LogP contribution in [-0.4, -0.2) is 15.8 Å². The van der Waals surface area contributed by atoms with Crippen molar-refractivity contribution < 1.29 is 4.74 Å². The van der Waals surface area contributed by atoms with Gasteiger partial charge >= 0.3 is 0 Å². The van der Waals surface area contributed by atoms with Crippen molar-refractivity contribution in [1.29, 1.82) is 0 Å². The maximum atomic E-state index is 6.10. The molecule has 0 amide bonds. The van der Waals surface area contributed by atoms with Crippen molar-refractivity contribution in [3.8, 4) is 11.6 Å². The molecule has 2 aromatic rings. The Balaban J connectivity index is 2.25. The fraction of sp³-hybridized carbons (Fsp3) is 0.471. The molecular formula is C17H25N3O. The van der Waals surface area contributed by atoms with Crippen LogP contribution < -0.4 is 10.1 Å². The fourth-order valence-corrected chi connectivity index (χ4v) is 2.26. The number of rotatable bonds is 6. The van der Waals surface area contributed by atoms with Crippen LogP contribution in [0.15, 0.2) is 24.3 Å². The van der Waals surface area contributed by atoms with Crippen LogP contribution >= 0.6 is 0 Å². The summed E-state index contributed by atoms with van der Waals surface area (Å²) in [5.74, 6) is 1.68. The van der Waals surface area contributed by atoms with Gasteiger partial charge in [-0.3, -0.25) is 0 Å². The molecular weight excluding hydrogens is 262 g/mol. The van der Waals surface area contributed by atoms with Gasteiger partial charge in [0.1, 0.15) is 5.75 Å². The van der Waals surface area contributed by atoms with Gasteiger partial charge in [0.05, 0.1) is 11.3 Å². The zero-order chi connectivity index (χ0) is 15.4. The van der Waals surface area contributed by atoms with Crippen molar-refractivity contribution in [2.75, 3.05) is 0 Å². The average Bonchev–Trinajstić information content (AvgIpc) is 2.71. The van der Waals surface area contributed by atoms with E-state index in [0.717, 1.165) is 35.9 Å². The largest absolute Gasteiger partial charge is 0.439 e. The Bertz CT molecular complexity index is 602. The Hall–Kier alpha value is -1.81. The molecule has 0 fully saturated rings. The van der Waals surface area contributed by atoms with Crippen LogP contribution in [0.1, 0.15) is 37.6 Å². The number of aromatic nitrogens is 2. The predicted molar refractivity (Wildman–Crippen MR) is 85.8 cm³/mol. The third-order valence-electron chi connectivity index (χ3n) is 3.50. The van der Waals surface area contributed by atoms with Crippen LogP contribution in [0, 0.1) is 6.92 Å². The van der Waals surface area contributed by atoms with Crippen LogP contribution in [0.4, 0.5) is 0 Å². The van der Waals surface area contributed by atoms with Crippen molar-refractivity contribution in [2.45, 2.75) is 46.7 Å². The highest BCUT2D eigenvalue weighted by atomic mass is 16.5. The van der Waals surface area contributed by atoms with Gasteiger partial charge in [-0.15, -0.1) is 0 Å². The molecule has 0 spiro atoms. The molecule has 0 aliphatic heterocycles. The smallest absolute Gasteiger partial charge is 0.222 e. The van der Waals surface area contributed by atoms with E-state index in [2.05, 4.69) is 43.3 Å². The summed E-state index contributed by atoms with van der Waals surface area (Å²) in [6.07, 6.45) is 1.00. The van der Waals surface area contributed by atoms with Gasteiger partial charge in [-0.1, -0.05) is 32.9 Å². The summed E-state index contributed by atoms with van der Waals surface area (Å²) < 4.78 is 7.91. The van der Waals surface area contributed by atoms with Gasteiger partial charge in [-0.05, 0) is 31.0 Å². The summed E-state index contributed by atoms with van der Waals surface area (Å²) in [6, 6.07) is 8.65. The molecule has 1 aromatic heterocycles. The van der Waals surface area contributed by atoms with Crippen LogP contribution in [0.2, 0.25) is 0 Å². The molecule has 1 heterocycles. The first kappa shape index (κ1) is 15.6. The van der Waals surface area contributed by atoms with Crippen molar-refractivity contribution >= 4 is 0 Å². The van der Waals surface area contributed by atoms with Gasteiger partial charge in [0, 0.05) is 19.6 Å². The van der Waals surface area contributed by atoms with Gasteiger partial charge in [0.2, 0.25) is 5.88 Å². The molecule has 0 unspecified atom stereocenters. The standard InChI is InChI=1S/C17H25N3O/c1-6-14-8-7-9-15(10-14)21-17-16(11-18-12(2)3)13(4)19-20(17)5/h7-10,12,18H,6,11H2,1-5H3. The molecule has 114 valence electrons. The Morgan fingerprint density at radius 3 is 2.76 bits per heavy atom. The van der Waals surface area contributed by atoms with E-state index in [9.17, 15) is 0 Å². The zero-order valence-electron chi connectivity index (χ0n) is 13.6. The minimum absolute atomic E-state index is 0.431. The summed E-state index contributed by atoms with van der Waals surface area (Å²) in [6.45, 7) is 9.20. The number of nitrogens with one attached hydrogen (secondary N) is 1. The number of benzene rings is 1. The van der Waals surface area contributed by atoms with Crippen LogP contribution in [-0.2, 0) is 20.0 Å². The highest BCUT2D eigenvalue weighted by Crippen LogP contribution is 2.27. The second kappa shape index (κ2) is 6.76. The topological polar surface area (TPSA) is 39.1 Å². The fourth-order valence-electron chi connectivity index (χ4n) is 2.26. The Morgan fingerprint density at radius 2 is 2.10 bits per heavy atom. The van der Waals surface area contributed by atoms with Crippen molar-refractivity contribution in [3.63, 3.8) is 0 Å². The highest BCUT2D eigenvalue weighted by molar-refractivity contribution is 5.37. The van der Waals surface area contributed by atoms with E-state index in [0.29, 0.717) is 6.04 Å². The first-order chi connectivity index (χ1) is 10.0. The third kappa shape index (κ3) is 3.85. The van der Waals surface area contributed by atoms with Gasteiger partial charge in [-0.25, -0.2) is 4.68 Å². The first-order valence-corrected chi connectivity index (χ1v) is 7.54. The molecule has 0 radical (unpaired) electrons. The van der Waals surface area contributed by atoms with Gasteiger partial charge < -0.3 is 10.1 Å². The lowest BCUT2D eigenvalue weighted by Crippen LogP contribution is -2.22. The van der Waals surface area contributed by atoms with Crippen molar-refractivity contribution in [3.05, 3.63) is 41.1 Å². The molecule has 1 N–H and O–H groups in total. The minimum Gasteiger partial charge on any atom is -0.439 e. The second-order valence-electron chi connectivity index (χ2n) is 5.63. The molecule has 2 rings (SSSR count). The van der Waals surface area contributed by atoms with Gasteiger partial charge in [-0.2, -0.15) is 5.10 Å². The van der Waals surface area contributed by atoms with E-state index in [4.69, 9.17) is 4.74 Å². The monoisotopic (exact) mass is 287 g/mol. The van der Waals surface area contributed by atoms with Gasteiger partial charge in [0.25, 0.3) is 0 Å². The second-order valence-corrected chi connectivity index (χ2v) is 5.63. The van der Waals surface area contributed by atoms with Crippen LogP contribution in [0.5, 0.6) is 11.6 Å². The van der Waals surface area contributed by atoms with Crippen LogP contribution in [0.3, 0.4) is 0 Å². The molecule has 0 saturated carbocycles. The zero-order valence-corrected chi connectivity index (χ0v) is 13.6. The predicted octanol–water partition coefficient (Wildman–Crippen LogP) is 3.58. The first-order valence-electron chi connectivity index (χ1n) is 7.54. The minimum atomic E-state index is 0.431. The number of hydrogen-bond donors (Lipinski definition) is 1. The Labute approximate surface area is 127 Å². The van der Waals surface area contributed by atoms with E-state index >= 15 is 0 Å². The van der Waals surface area contributed by atoms with E-state index in [1.165, 1.54) is 5.56 Å². The number of nitrogens with zero attached hydrogens (tertiary/aromatic N) is 2. The molecule has 21 heavy (non-hydrogen) atoms. The van der Waals surface area contributed by atoms with Crippen molar-refractivity contribution in [1.82, 2.24) is 15.1 Å². The lowest BCUT2D eigenvalue weighted by atomic mass is 10.2. The molecule has 0 aliphatic carbocycles. The molecule has 4 nitrogen and oxygen atoms in total.